The Bertz CT molecular complexity index is 663. The Morgan fingerprint density at radius 1 is 1.30 bits per heavy atom. The lowest BCUT2D eigenvalue weighted by Gasteiger charge is -2.34. The largest absolute Gasteiger partial charge is 0.381 e. The molecule has 6 heteroatoms. The predicted octanol–water partition coefficient (Wildman–Crippen LogP) is 2.94. The maximum absolute atomic E-state index is 13.1. The summed E-state index contributed by atoms with van der Waals surface area (Å²) < 4.78 is 23.5. The molecule has 1 fully saturated rings. The maximum Gasteiger partial charge on any atom is 0.276 e. The number of rotatable bonds is 4. The van der Waals surface area contributed by atoms with Crippen LogP contribution in [0.1, 0.15) is 34.7 Å². The van der Waals surface area contributed by atoms with Gasteiger partial charge in [-0.1, -0.05) is 17.3 Å². The summed E-state index contributed by atoms with van der Waals surface area (Å²) in [6.07, 6.45) is 1.56. The summed E-state index contributed by atoms with van der Waals surface area (Å²) in [4.78, 5) is 14.6. The van der Waals surface area contributed by atoms with Gasteiger partial charge in [-0.05, 0) is 37.5 Å². The van der Waals surface area contributed by atoms with Crippen LogP contribution in [0.25, 0.3) is 0 Å². The van der Waals surface area contributed by atoms with Crippen molar-refractivity contribution >= 4 is 5.91 Å². The van der Waals surface area contributed by atoms with Crippen molar-refractivity contribution in [1.29, 1.82) is 0 Å². The molecule has 1 aromatic heterocycles. The number of amides is 1. The fraction of sp³-hybridized carbons (Fsp3) is 0.412. The van der Waals surface area contributed by atoms with Crippen LogP contribution in [0.5, 0.6) is 0 Å². The van der Waals surface area contributed by atoms with Crippen LogP contribution in [-0.4, -0.2) is 35.2 Å². The highest BCUT2D eigenvalue weighted by Crippen LogP contribution is 2.20. The van der Waals surface area contributed by atoms with Gasteiger partial charge in [0.05, 0.1) is 0 Å². The monoisotopic (exact) mass is 318 g/mol. The van der Waals surface area contributed by atoms with Crippen molar-refractivity contribution in [1.82, 2.24) is 10.1 Å². The lowest BCUT2D eigenvalue weighted by atomic mass is 10.0. The first-order valence-corrected chi connectivity index (χ1v) is 7.70. The number of benzene rings is 1. The van der Waals surface area contributed by atoms with Crippen molar-refractivity contribution < 1.29 is 18.4 Å². The number of hydrogen-bond donors (Lipinski definition) is 0. The molecule has 0 spiro atoms. The van der Waals surface area contributed by atoms with Gasteiger partial charge >= 0.3 is 0 Å². The van der Waals surface area contributed by atoms with Crippen LogP contribution in [0.3, 0.4) is 0 Å². The quantitative estimate of drug-likeness (QED) is 0.870. The van der Waals surface area contributed by atoms with Gasteiger partial charge in [-0.2, -0.15) is 0 Å². The van der Waals surface area contributed by atoms with Gasteiger partial charge in [-0.15, -0.1) is 0 Å². The minimum absolute atomic E-state index is 0.0818. The van der Waals surface area contributed by atoms with Crippen LogP contribution in [0, 0.1) is 12.7 Å². The number of carbonyl (C=O) groups excluding carboxylic acids is 1. The minimum Gasteiger partial charge on any atom is -0.381 e. The molecule has 0 N–H and O–H groups in total. The molecule has 1 aliphatic rings. The Morgan fingerprint density at radius 2 is 2.00 bits per heavy atom. The van der Waals surface area contributed by atoms with E-state index in [1.165, 1.54) is 12.1 Å². The van der Waals surface area contributed by atoms with Crippen molar-refractivity contribution in [3.63, 3.8) is 0 Å². The molecule has 1 saturated heterocycles. The molecule has 2 heterocycles. The molecule has 0 aliphatic carbocycles. The predicted molar refractivity (Wildman–Crippen MR) is 81.4 cm³/mol. The third kappa shape index (κ3) is 3.76. The van der Waals surface area contributed by atoms with Crippen LogP contribution < -0.4 is 0 Å². The summed E-state index contributed by atoms with van der Waals surface area (Å²) in [5.41, 5.74) is 1.18. The number of halogens is 1. The van der Waals surface area contributed by atoms with Crippen LogP contribution in [0.4, 0.5) is 4.39 Å². The third-order valence-corrected chi connectivity index (χ3v) is 4.01. The Labute approximate surface area is 134 Å². The summed E-state index contributed by atoms with van der Waals surface area (Å²) in [6, 6.07) is 7.92. The highest BCUT2D eigenvalue weighted by Gasteiger charge is 2.28. The molecule has 23 heavy (non-hydrogen) atoms. The molecule has 122 valence electrons. The second-order valence-electron chi connectivity index (χ2n) is 5.73. The summed E-state index contributed by atoms with van der Waals surface area (Å²) in [5.74, 6) is 0.143. The fourth-order valence-corrected chi connectivity index (χ4v) is 2.76. The Kier molecular flexibility index (Phi) is 4.71. The molecule has 5 nitrogen and oxygen atoms in total. The zero-order valence-corrected chi connectivity index (χ0v) is 13.0. The molecule has 1 amide bonds. The summed E-state index contributed by atoms with van der Waals surface area (Å²) in [7, 11) is 0. The van der Waals surface area contributed by atoms with Gasteiger partial charge in [0.15, 0.2) is 5.69 Å². The number of ether oxygens (including phenoxy) is 1. The second kappa shape index (κ2) is 6.91. The van der Waals surface area contributed by atoms with Gasteiger partial charge in [-0.3, -0.25) is 4.79 Å². The summed E-state index contributed by atoms with van der Waals surface area (Å²) in [5, 5.41) is 3.83. The first-order chi connectivity index (χ1) is 11.1. The van der Waals surface area contributed by atoms with E-state index in [-0.39, 0.29) is 17.8 Å². The van der Waals surface area contributed by atoms with Crippen molar-refractivity contribution in [2.24, 2.45) is 0 Å². The van der Waals surface area contributed by atoms with Crippen LogP contribution in [-0.2, 0) is 11.3 Å². The third-order valence-electron chi connectivity index (χ3n) is 4.01. The SMILES string of the molecule is Cc1cc(C(=O)N(Cc2ccc(F)cc2)C2CCOCC2)no1. The lowest BCUT2D eigenvalue weighted by Crippen LogP contribution is -2.43. The maximum atomic E-state index is 13.1. The summed E-state index contributed by atoms with van der Waals surface area (Å²) >= 11 is 0. The smallest absolute Gasteiger partial charge is 0.276 e. The Balaban J connectivity index is 1.83. The van der Waals surface area contributed by atoms with Gasteiger partial charge in [-0.25, -0.2) is 4.39 Å². The van der Waals surface area contributed by atoms with E-state index in [0.29, 0.717) is 31.2 Å². The van der Waals surface area contributed by atoms with E-state index in [0.717, 1.165) is 18.4 Å². The molecule has 0 unspecified atom stereocenters. The number of aromatic nitrogens is 1. The first-order valence-electron chi connectivity index (χ1n) is 7.70. The van der Waals surface area contributed by atoms with Crippen LogP contribution in [0.2, 0.25) is 0 Å². The molecular weight excluding hydrogens is 299 g/mol. The molecule has 1 aliphatic heterocycles. The summed E-state index contributed by atoms with van der Waals surface area (Å²) in [6.45, 7) is 3.43. The molecule has 0 bridgehead atoms. The molecule has 0 radical (unpaired) electrons. The second-order valence-corrected chi connectivity index (χ2v) is 5.73. The molecule has 1 aromatic carbocycles. The number of hydrogen-bond acceptors (Lipinski definition) is 4. The van der Waals surface area contributed by atoms with Gasteiger partial charge in [0.1, 0.15) is 11.6 Å². The fourth-order valence-electron chi connectivity index (χ4n) is 2.76. The number of carbonyl (C=O) groups is 1. The van der Waals surface area contributed by atoms with Crippen molar-refractivity contribution in [3.05, 3.63) is 53.2 Å². The van der Waals surface area contributed by atoms with Gasteiger partial charge < -0.3 is 14.2 Å². The van der Waals surface area contributed by atoms with E-state index in [1.807, 2.05) is 0 Å². The molecular formula is C17H19FN2O3. The highest BCUT2D eigenvalue weighted by molar-refractivity contribution is 5.92. The number of aryl methyl sites for hydroxylation is 1. The van der Waals surface area contributed by atoms with Crippen molar-refractivity contribution in [3.8, 4) is 0 Å². The zero-order chi connectivity index (χ0) is 16.2. The molecule has 0 saturated carbocycles. The van der Waals surface area contributed by atoms with Crippen LogP contribution >= 0.6 is 0 Å². The lowest BCUT2D eigenvalue weighted by molar-refractivity contribution is 0.0261. The van der Waals surface area contributed by atoms with Gasteiger partial charge in [0.25, 0.3) is 5.91 Å². The van der Waals surface area contributed by atoms with Gasteiger partial charge in [0, 0.05) is 31.9 Å². The van der Waals surface area contributed by atoms with Gasteiger partial charge in [0.2, 0.25) is 0 Å². The molecule has 0 atom stereocenters. The average molecular weight is 318 g/mol. The van der Waals surface area contributed by atoms with E-state index in [1.54, 1.807) is 30.0 Å². The molecule has 2 aromatic rings. The first kappa shape index (κ1) is 15.7. The van der Waals surface area contributed by atoms with Crippen molar-refractivity contribution in [2.75, 3.05) is 13.2 Å². The topological polar surface area (TPSA) is 55.6 Å². The minimum atomic E-state index is -0.287. The average Bonchev–Trinajstić information content (AvgIpc) is 3.01. The van der Waals surface area contributed by atoms with E-state index >= 15 is 0 Å². The molecule has 3 rings (SSSR count). The zero-order valence-electron chi connectivity index (χ0n) is 13.0. The highest BCUT2D eigenvalue weighted by atomic mass is 19.1. The van der Waals surface area contributed by atoms with Crippen molar-refractivity contribution in [2.45, 2.75) is 32.4 Å². The standard InChI is InChI=1S/C17H19FN2O3/c1-12-10-16(19-23-12)17(21)20(15-6-8-22-9-7-15)11-13-2-4-14(18)5-3-13/h2-5,10,15H,6-9,11H2,1H3. The Hall–Kier alpha value is -2.21. The normalized spacial score (nSPS) is 15.6. The van der Waals surface area contributed by atoms with Crippen LogP contribution in [0.15, 0.2) is 34.9 Å². The Morgan fingerprint density at radius 3 is 2.61 bits per heavy atom. The van der Waals surface area contributed by atoms with E-state index < -0.39 is 0 Å². The van der Waals surface area contributed by atoms with E-state index in [2.05, 4.69) is 5.16 Å². The number of nitrogens with zero attached hydrogens (tertiary/aromatic N) is 2. The van der Waals surface area contributed by atoms with E-state index in [4.69, 9.17) is 9.26 Å². The van der Waals surface area contributed by atoms with E-state index in [9.17, 15) is 9.18 Å².